The van der Waals surface area contributed by atoms with Gasteiger partial charge in [0, 0.05) is 17.5 Å². The van der Waals surface area contributed by atoms with Gasteiger partial charge in [-0.25, -0.2) is 9.97 Å². The maximum Gasteiger partial charge on any atom is 0.233 e. The second-order valence-electron chi connectivity index (χ2n) is 5.11. The van der Waals surface area contributed by atoms with E-state index in [2.05, 4.69) is 15.3 Å². The first kappa shape index (κ1) is 16.7. The maximum atomic E-state index is 12.4. The third-order valence-corrected chi connectivity index (χ3v) is 5.47. The highest BCUT2D eigenvalue weighted by Crippen LogP contribution is 2.30. The lowest BCUT2D eigenvalue weighted by atomic mass is 10.2. The van der Waals surface area contributed by atoms with E-state index in [0.717, 1.165) is 26.6 Å². The summed E-state index contributed by atoms with van der Waals surface area (Å²) in [6.45, 7) is 2.31. The molecular weight excluding hydrogens is 342 g/mol. The van der Waals surface area contributed by atoms with E-state index in [1.807, 2.05) is 42.6 Å². The van der Waals surface area contributed by atoms with E-state index < -0.39 is 0 Å². The van der Waals surface area contributed by atoms with E-state index in [9.17, 15) is 4.79 Å². The summed E-state index contributed by atoms with van der Waals surface area (Å²) >= 11 is 3.01. The highest BCUT2D eigenvalue weighted by molar-refractivity contribution is 8.00. The normalized spacial score (nSPS) is 12.1. The van der Waals surface area contributed by atoms with Gasteiger partial charge >= 0.3 is 0 Å². The molecule has 0 bridgehead atoms. The molecule has 2 heterocycles. The number of benzene rings is 1. The number of carbonyl (C=O) groups is 1. The first-order valence-corrected chi connectivity index (χ1v) is 9.19. The minimum Gasteiger partial charge on any atom is -0.496 e. The molecule has 0 aliphatic heterocycles. The second kappa shape index (κ2) is 7.63. The highest BCUT2D eigenvalue weighted by Gasteiger charge is 2.17. The van der Waals surface area contributed by atoms with Crippen LogP contribution in [-0.4, -0.2) is 28.2 Å². The molecule has 1 N–H and O–H groups in total. The Balaban J connectivity index is 1.64. The van der Waals surface area contributed by atoms with E-state index in [4.69, 9.17) is 4.74 Å². The van der Waals surface area contributed by atoms with Crippen LogP contribution in [-0.2, 0) is 11.3 Å². The van der Waals surface area contributed by atoms with Gasteiger partial charge in [-0.3, -0.25) is 4.79 Å². The lowest BCUT2D eigenvalue weighted by molar-refractivity contribution is -0.120. The molecule has 5 nitrogen and oxygen atoms in total. The van der Waals surface area contributed by atoms with Crippen LogP contribution in [0.2, 0.25) is 0 Å². The van der Waals surface area contributed by atoms with E-state index in [1.54, 1.807) is 24.8 Å². The number of nitrogens with zero attached hydrogens (tertiary/aromatic N) is 2. The molecule has 0 saturated carbocycles. The monoisotopic (exact) mass is 359 g/mol. The molecule has 1 amide bonds. The number of hydrogen-bond acceptors (Lipinski definition) is 6. The van der Waals surface area contributed by atoms with Gasteiger partial charge in [-0.15, -0.1) is 11.3 Å². The number of aromatic nitrogens is 2. The first-order chi connectivity index (χ1) is 11.7. The van der Waals surface area contributed by atoms with E-state index in [-0.39, 0.29) is 11.2 Å². The molecule has 2 aromatic heterocycles. The van der Waals surface area contributed by atoms with Crippen molar-refractivity contribution in [1.82, 2.24) is 15.3 Å². The Labute approximate surface area is 148 Å². The maximum absolute atomic E-state index is 12.4. The SMILES string of the molecule is COc1ccccc1CNC(=O)[C@H](C)Sc1ncnc2sccc12. The summed E-state index contributed by atoms with van der Waals surface area (Å²) in [5.41, 5.74) is 0.952. The molecule has 3 aromatic rings. The largest absolute Gasteiger partial charge is 0.496 e. The van der Waals surface area contributed by atoms with Gasteiger partial charge < -0.3 is 10.1 Å². The van der Waals surface area contributed by atoms with Crippen molar-refractivity contribution in [3.05, 3.63) is 47.6 Å². The van der Waals surface area contributed by atoms with Crippen molar-refractivity contribution in [1.29, 1.82) is 0 Å². The molecule has 124 valence electrons. The number of methoxy groups -OCH3 is 1. The Morgan fingerprint density at radius 3 is 3.00 bits per heavy atom. The fourth-order valence-electron chi connectivity index (χ4n) is 2.26. The molecule has 0 aliphatic rings. The minimum absolute atomic E-state index is 0.0344. The highest BCUT2D eigenvalue weighted by atomic mass is 32.2. The smallest absolute Gasteiger partial charge is 0.233 e. The molecule has 24 heavy (non-hydrogen) atoms. The van der Waals surface area contributed by atoms with Crippen molar-refractivity contribution in [2.24, 2.45) is 0 Å². The fourth-order valence-corrected chi connectivity index (χ4v) is 3.98. The van der Waals surface area contributed by atoms with Crippen LogP contribution in [0.3, 0.4) is 0 Å². The zero-order valence-electron chi connectivity index (χ0n) is 13.4. The van der Waals surface area contributed by atoms with Crippen LogP contribution in [0.1, 0.15) is 12.5 Å². The Morgan fingerprint density at radius 2 is 2.17 bits per heavy atom. The van der Waals surface area contributed by atoms with Crippen molar-refractivity contribution in [2.75, 3.05) is 7.11 Å². The van der Waals surface area contributed by atoms with Gasteiger partial charge in [0.25, 0.3) is 0 Å². The molecule has 3 rings (SSSR count). The van der Waals surface area contributed by atoms with Crippen molar-refractivity contribution < 1.29 is 9.53 Å². The number of hydrogen-bond donors (Lipinski definition) is 1. The van der Waals surface area contributed by atoms with Gasteiger partial charge in [0.05, 0.1) is 12.4 Å². The average molecular weight is 359 g/mol. The van der Waals surface area contributed by atoms with Gasteiger partial charge in [-0.05, 0) is 24.4 Å². The van der Waals surface area contributed by atoms with Crippen LogP contribution >= 0.6 is 23.1 Å². The van der Waals surface area contributed by atoms with Crippen LogP contribution in [0.4, 0.5) is 0 Å². The number of rotatable bonds is 6. The molecule has 7 heteroatoms. The quantitative estimate of drug-likeness (QED) is 0.539. The van der Waals surface area contributed by atoms with E-state index in [1.165, 1.54) is 11.8 Å². The van der Waals surface area contributed by atoms with Gasteiger partial charge in [-0.2, -0.15) is 0 Å². The molecular formula is C17H17N3O2S2. The summed E-state index contributed by atoms with van der Waals surface area (Å²) in [6.07, 6.45) is 1.54. The van der Waals surface area contributed by atoms with Crippen LogP contribution in [0.15, 0.2) is 47.1 Å². The summed E-state index contributed by atoms with van der Waals surface area (Å²) in [5, 5.41) is 6.52. The van der Waals surface area contributed by atoms with Gasteiger partial charge in [0.15, 0.2) is 0 Å². The Kier molecular flexibility index (Phi) is 5.32. The van der Waals surface area contributed by atoms with Crippen molar-refractivity contribution in [2.45, 2.75) is 23.7 Å². The Hall–Kier alpha value is -2.12. The standard InChI is InChI=1S/C17H17N3O2S2/c1-11(24-17-13-7-8-23-16(13)19-10-20-17)15(21)18-9-12-5-3-4-6-14(12)22-2/h3-8,10-11H,9H2,1-2H3,(H,18,21)/t11-/m0/s1. The lowest BCUT2D eigenvalue weighted by Crippen LogP contribution is -2.30. The van der Waals surface area contributed by atoms with Crippen molar-refractivity contribution in [3.8, 4) is 5.75 Å². The number of ether oxygens (including phenoxy) is 1. The van der Waals surface area contributed by atoms with E-state index >= 15 is 0 Å². The molecule has 1 atom stereocenters. The van der Waals surface area contributed by atoms with Gasteiger partial charge in [0.2, 0.25) is 5.91 Å². The van der Waals surface area contributed by atoms with Crippen LogP contribution in [0.25, 0.3) is 10.2 Å². The molecule has 0 spiro atoms. The zero-order chi connectivity index (χ0) is 16.9. The number of carbonyl (C=O) groups excluding carboxylic acids is 1. The molecule has 0 unspecified atom stereocenters. The topological polar surface area (TPSA) is 64.1 Å². The predicted octanol–water partition coefficient (Wildman–Crippen LogP) is 3.50. The van der Waals surface area contributed by atoms with Crippen LogP contribution in [0, 0.1) is 0 Å². The number of amides is 1. The summed E-state index contributed by atoms with van der Waals surface area (Å²) in [5.74, 6) is 0.738. The van der Waals surface area contributed by atoms with E-state index in [0.29, 0.717) is 6.54 Å². The molecule has 0 saturated heterocycles. The average Bonchev–Trinajstić information content (AvgIpc) is 3.09. The summed E-state index contributed by atoms with van der Waals surface area (Å²) in [7, 11) is 1.63. The zero-order valence-corrected chi connectivity index (χ0v) is 15.0. The summed E-state index contributed by atoms with van der Waals surface area (Å²) in [6, 6.07) is 9.64. The first-order valence-electron chi connectivity index (χ1n) is 7.43. The Morgan fingerprint density at radius 1 is 1.33 bits per heavy atom. The number of thiophene rings is 1. The number of thioether (sulfide) groups is 1. The molecule has 0 aliphatic carbocycles. The number of fused-ring (bicyclic) bond motifs is 1. The molecule has 1 aromatic carbocycles. The second-order valence-corrected chi connectivity index (χ2v) is 7.33. The van der Waals surface area contributed by atoms with Crippen LogP contribution < -0.4 is 10.1 Å². The lowest BCUT2D eigenvalue weighted by Gasteiger charge is -2.13. The summed E-state index contributed by atoms with van der Waals surface area (Å²) in [4.78, 5) is 21.9. The fraction of sp³-hybridized carbons (Fsp3) is 0.235. The minimum atomic E-state index is -0.252. The van der Waals surface area contributed by atoms with Gasteiger partial charge in [0.1, 0.15) is 21.9 Å². The number of nitrogens with one attached hydrogen (secondary N) is 1. The summed E-state index contributed by atoms with van der Waals surface area (Å²) < 4.78 is 5.30. The Bertz CT molecular complexity index is 850. The third kappa shape index (κ3) is 3.68. The van der Waals surface area contributed by atoms with Crippen molar-refractivity contribution >= 4 is 39.2 Å². The third-order valence-electron chi connectivity index (χ3n) is 3.53. The van der Waals surface area contributed by atoms with Crippen LogP contribution in [0.5, 0.6) is 5.75 Å². The molecule has 0 radical (unpaired) electrons. The number of para-hydroxylation sites is 1. The van der Waals surface area contributed by atoms with Gasteiger partial charge in [-0.1, -0.05) is 30.0 Å². The predicted molar refractivity (Wildman–Crippen MR) is 97.6 cm³/mol. The van der Waals surface area contributed by atoms with Crippen molar-refractivity contribution in [3.63, 3.8) is 0 Å². The molecule has 0 fully saturated rings.